The normalized spacial score (nSPS) is 14.7. The third-order valence-corrected chi connectivity index (χ3v) is 3.46. The Morgan fingerprint density at radius 1 is 1.33 bits per heavy atom. The summed E-state index contributed by atoms with van der Waals surface area (Å²) in [6.07, 6.45) is 3.78. The third-order valence-electron chi connectivity index (χ3n) is 3.46. The first kappa shape index (κ1) is 15.2. The second-order valence-electron chi connectivity index (χ2n) is 5.27. The Labute approximate surface area is 112 Å². The highest BCUT2D eigenvalue weighted by molar-refractivity contribution is 5.13. The predicted molar refractivity (Wildman–Crippen MR) is 77.7 cm³/mol. The summed E-state index contributed by atoms with van der Waals surface area (Å²) in [4.78, 5) is 0. The van der Waals surface area contributed by atoms with Gasteiger partial charge in [-0.2, -0.15) is 5.10 Å². The van der Waals surface area contributed by atoms with Gasteiger partial charge in [-0.1, -0.05) is 33.6 Å². The molecule has 104 valence electrons. The highest BCUT2D eigenvalue weighted by atomic mass is 15.3. The molecule has 0 spiro atoms. The van der Waals surface area contributed by atoms with Gasteiger partial charge in [0.15, 0.2) is 0 Å². The minimum Gasteiger partial charge on any atom is -0.309 e. The summed E-state index contributed by atoms with van der Waals surface area (Å²) in [5.74, 6) is 0.763. The molecule has 3 heteroatoms. The first-order chi connectivity index (χ1) is 8.62. The Balaban J connectivity index is 2.82. The summed E-state index contributed by atoms with van der Waals surface area (Å²) in [7, 11) is 0. The smallest absolute Gasteiger partial charge is 0.0597 e. The Morgan fingerprint density at radius 2 is 2.06 bits per heavy atom. The molecule has 1 aromatic heterocycles. The molecule has 0 amide bonds. The van der Waals surface area contributed by atoms with Crippen LogP contribution in [0.4, 0.5) is 0 Å². The van der Waals surface area contributed by atoms with Crippen molar-refractivity contribution in [2.24, 2.45) is 5.92 Å². The van der Waals surface area contributed by atoms with Crippen LogP contribution in [0.1, 0.15) is 64.4 Å². The van der Waals surface area contributed by atoms with Crippen molar-refractivity contribution in [2.75, 3.05) is 6.54 Å². The minimum absolute atomic E-state index is 0.442. The van der Waals surface area contributed by atoms with E-state index in [0.29, 0.717) is 6.04 Å². The van der Waals surface area contributed by atoms with Crippen LogP contribution in [0.15, 0.2) is 6.07 Å². The molecule has 3 nitrogen and oxygen atoms in total. The molecule has 0 aliphatic heterocycles. The Morgan fingerprint density at radius 3 is 2.61 bits per heavy atom. The standard InChI is InChI=1S/C15H29N3/c1-6-9-12(4)10-14(16-7-2)15-11-13(5)17-18(15)8-3/h11-12,14,16H,6-10H2,1-5H3. The fourth-order valence-electron chi connectivity index (χ4n) is 2.67. The molecular weight excluding hydrogens is 222 g/mol. The zero-order valence-corrected chi connectivity index (χ0v) is 12.7. The zero-order chi connectivity index (χ0) is 13.5. The van der Waals surface area contributed by atoms with Crippen LogP contribution in [-0.4, -0.2) is 16.3 Å². The number of rotatable bonds is 8. The number of nitrogens with one attached hydrogen (secondary N) is 1. The van der Waals surface area contributed by atoms with E-state index in [-0.39, 0.29) is 0 Å². The third kappa shape index (κ3) is 4.13. The van der Waals surface area contributed by atoms with E-state index < -0.39 is 0 Å². The lowest BCUT2D eigenvalue weighted by Gasteiger charge is -2.22. The molecule has 0 radical (unpaired) electrons. The lowest BCUT2D eigenvalue weighted by Crippen LogP contribution is -2.25. The highest BCUT2D eigenvalue weighted by Crippen LogP contribution is 2.24. The van der Waals surface area contributed by atoms with Crippen molar-refractivity contribution in [1.82, 2.24) is 15.1 Å². The SMILES string of the molecule is CCCC(C)CC(NCC)c1cc(C)nn1CC. The molecule has 1 heterocycles. The monoisotopic (exact) mass is 251 g/mol. The van der Waals surface area contributed by atoms with Gasteiger partial charge in [-0.3, -0.25) is 4.68 Å². The number of hydrogen-bond acceptors (Lipinski definition) is 2. The molecule has 1 rings (SSSR count). The van der Waals surface area contributed by atoms with Crippen LogP contribution in [-0.2, 0) is 6.54 Å². The van der Waals surface area contributed by atoms with Crippen LogP contribution < -0.4 is 5.32 Å². The summed E-state index contributed by atoms with van der Waals surface area (Å²) >= 11 is 0. The minimum atomic E-state index is 0.442. The first-order valence-corrected chi connectivity index (χ1v) is 7.40. The molecule has 0 aromatic carbocycles. The number of aromatic nitrogens is 2. The van der Waals surface area contributed by atoms with E-state index in [9.17, 15) is 0 Å². The van der Waals surface area contributed by atoms with Gasteiger partial charge in [-0.25, -0.2) is 0 Å². The van der Waals surface area contributed by atoms with Crippen LogP contribution in [0.25, 0.3) is 0 Å². The van der Waals surface area contributed by atoms with Gasteiger partial charge in [-0.05, 0) is 38.8 Å². The second-order valence-corrected chi connectivity index (χ2v) is 5.27. The van der Waals surface area contributed by atoms with Crippen LogP contribution in [0.2, 0.25) is 0 Å². The average Bonchev–Trinajstić information content (AvgIpc) is 2.70. The second kappa shape index (κ2) is 7.57. The first-order valence-electron chi connectivity index (χ1n) is 7.40. The molecule has 0 bridgehead atoms. The van der Waals surface area contributed by atoms with E-state index in [1.54, 1.807) is 0 Å². The van der Waals surface area contributed by atoms with Crippen molar-refractivity contribution in [3.8, 4) is 0 Å². The van der Waals surface area contributed by atoms with Crippen LogP contribution in [0, 0.1) is 12.8 Å². The van der Waals surface area contributed by atoms with E-state index in [1.165, 1.54) is 25.0 Å². The van der Waals surface area contributed by atoms with Gasteiger partial charge in [0, 0.05) is 12.6 Å². The van der Waals surface area contributed by atoms with Crippen molar-refractivity contribution < 1.29 is 0 Å². The lowest BCUT2D eigenvalue weighted by molar-refractivity contribution is 0.377. The van der Waals surface area contributed by atoms with Crippen molar-refractivity contribution in [3.63, 3.8) is 0 Å². The van der Waals surface area contributed by atoms with Crippen molar-refractivity contribution in [3.05, 3.63) is 17.5 Å². The summed E-state index contributed by atoms with van der Waals surface area (Å²) < 4.78 is 2.14. The zero-order valence-electron chi connectivity index (χ0n) is 12.7. The summed E-state index contributed by atoms with van der Waals surface area (Å²) in [6.45, 7) is 13.0. The molecule has 0 aliphatic rings. The molecule has 2 unspecified atom stereocenters. The predicted octanol–water partition coefficient (Wildman–Crippen LogP) is 3.69. The van der Waals surface area contributed by atoms with Crippen molar-refractivity contribution >= 4 is 0 Å². The summed E-state index contributed by atoms with van der Waals surface area (Å²) in [5, 5.41) is 8.18. The highest BCUT2D eigenvalue weighted by Gasteiger charge is 2.18. The summed E-state index contributed by atoms with van der Waals surface area (Å²) in [6, 6.07) is 2.67. The van der Waals surface area contributed by atoms with Gasteiger partial charge in [0.25, 0.3) is 0 Å². The van der Waals surface area contributed by atoms with Gasteiger partial charge < -0.3 is 5.32 Å². The number of nitrogens with zero attached hydrogens (tertiary/aromatic N) is 2. The van der Waals surface area contributed by atoms with Gasteiger partial charge in [-0.15, -0.1) is 0 Å². The molecule has 0 saturated heterocycles. The van der Waals surface area contributed by atoms with E-state index in [1.807, 2.05) is 0 Å². The van der Waals surface area contributed by atoms with Crippen LogP contribution in [0.3, 0.4) is 0 Å². The maximum Gasteiger partial charge on any atom is 0.0597 e. The van der Waals surface area contributed by atoms with Crippen LogP contribution >= 0.6 is 0 Å². The molecule has 0 saturated carbocycles. The number of aryl methyl sites for hydroxylation is 2. The van der Waals surface area contributed by atoms with Gasteiger partial charge in [0.1, 0.15) is 0 Å². The fraction of sp³-hybridized carbons (Fsp3) is 0.800. The Kier molecular flexibility index (Phi) is 6.41. The van der Waals surface area contributed by atoms with Crippen molar-refractivity contribution in [2.45, 2.75) is 66.5 Å². The van der Waals surface area contributed by atoms with E-state index in [2.05, 4.69) is 55.8 Å². The lowest BCUT2D eigenvalue weighted by atomic mass is 9.95. The van der Waals surface area contributed by atoms with E-state index in [4.69, 9.17) is 0 Å². The maximum absolute atomic E-state index is 4.56. The molecule has 18 heavy (non-hydrogen) atoms. The molecule has 1 aromatic rings. The molecule has 2 atom stereocenters. The molecule has 0 aliphatic carbocycles. The Bertz CT molecular complexity index is 344. The van der Waals surface area contributed by atoms with E-state index in [0.717, 1.165) is 24.7 Å². The van der Waals surface area contributed by atoms with E-state index >= 15 is 0 Å². The van der Waals surface area contributed by atoms with Crippen molar-refractivity contribution in [1.29, 1.82) is 0 Å². The Hall–Kier alpha value is -0.830. The average molecular weight is 251 g/mol. The maximum atomic E-state index is 4.56. The largest absolute Gasteiger partial charge is 0.309 e. The topological polar surface area (TPSA) is 29.9 Å². The fourth-order valence-corrected chi connectivity index (χ4v) is 2.67. The van der Waals surface area contributed by atoms with Gasteiger partial charge in [0.2, 0.25) is 0 Å². The number of hydrogen-bond donors (Lipinski definition) is 1. The van der Waals surface area contributed by atoms with Gasteiger partial charge in [0.05, 0.1) is 11.4 Å². The van der Waals surface area contributed by atoms with Crippen LogP contribution in [0.5, 0.6) is 0 Å². The summed E-state index contributed by atoms with van der Waals surface area (Å²) in [5.41, 5.74) is 2.47. The molecular formula is C15H29N3. The quantitative estimate of drug-likeness (QED) is 0.763. The van der Waals surface area contributed by atoms with Gasteiger partial charge >= 0.3 is 0 Å². The molecule has 1 N–H and O–H groups in total. The molecule has 0 fully saturated rings.